The third-order valence-corrected chi connectivity index (χ3v) is 5.85. The molecule has 2 amide bonds. The predicted octanol–water partition coefficient (Wildman–Crippen LogP) is 4.96. The van der Waals surface area contributed by atoms with Crippen LogP contribution in [0.4, 0.5) is 16.3 Å². The van der Waals surface area contributed by atoms with Crippen LogP contribution >= 0.6 is 11.6 Å². The number of hydrogen-bond donors (Lipinski definition) is 1. The van der Waals surface area contributed by atoms with Gasteiger partial charge in [0, 0.05) is 30.3 Å². The number of anilines is 2. The number of rotatable bonds is 7. The third kappa shape index (κ3) is 6.80. The number of carbonyl (C=O) groups is 2. The topological polar surface area (TPSA) is 118 Å². The Bertz CT molecular complexity index is 1540. The molecule has 0 fully saturated rings. The molecule has 0 bridgehead atoms. The molecule has 11 nitrogen and oxygen atoms in total. The summed E-state index contributed by atoms with van der Waals surface area (Å²) in [5.74, 6) is 0.526. The Balaban J connectivity index is 1.74. The fraction of sp³-hybridized carbons (Fsp3) is 0.286. The highest BCUT2D eigenvalue weighted by molar-refractivity contribution is 6.30. The molecule has 1 N–H and O–H groups in total. The number of fused-ring (bicyclic) bond motifs is 1. The van der Waals surface area contributed by atoms with E-state index in [4.69, 9.17) is 21.4 Å². The highest BCUT2D eigenvalue weighted by Gasteiger charge is 2.23. The van der Waals surface area contributed by atoms with Gasteiger partial charge in [-0.05, 0) is 59.1 Å². The lowest BCUT2D eigenvalue weighted by atomic mass is 10.1. The van der Waals surface area contributed by atoms with Crippen molar-refractivity contribution in [2.45, 2.75) is 26.4 Å². The quantitative estimate of drug-likeness (QED) is 0.314. The molecule has 208 valence electrons. The highest BCUT2D eigenvalue weighted by atomic mass is 35.5. The second-order valence-electron chi connectivity index (χ2n) is 10.3. The number of benzene rings is 1. The number of nitrogens with one attached hydrogen (secondary N) is 1. The summed E-state index contributed by atoms with van der Waals surface area (Å²) in [5.41, 5.74) is 1.59. The van der Waals surface area contributed by atoms with Crippen LogP contribution in [-0.4, -0.2) is 74.9 Å². The normalized spacial score (nSPS) is 11.8. The molecular weight excluding hydrogens is 532 g/mol. The molecule has 3 aromatic heterocycles. The molecule has 12 heteroatoms. The minimum Gasteiger partial charge on any atom is -0.444 e. The molecule has 0 saturated heterocycles. The van der Waals surface area contributed by atoms with Crippen LogP contribution in [0.3, 0.4) is 0 Å². The van der Waals surface area contributed by atoms with E-state index < -0.39 is 11.7 Å². The van der Waals surface area contributed by atoms with Crippen LogP contribution < -0.4 is 10.2 Å². The van der Waals surface area contributed by atoms with Gasteiger partial charge in [0.05, 0.1) is 17.3 Å². The van der Waals surface area contributed by atoms with Gasteiger partial charge in [-0.2, -0.15) is 9.78 Å². The monoisotopic (exact) mass is 562 g/mol. The average molecular weight is 563 g/mol. The van der Waals surface area contributed by atoms with Crippen molar-refractivity contribution in [3.8, 4) is 17.1 Å². The number of nitrogens with zero attached hydrogens (tertiary/aromatic N) is 7. The molecule has 1 aromatic carbocycles. The summed E-state index contributed by atoms with van der Waals surface area (Å²) in [4.78, 5) is 41.9. The fourth-order valence-corrected chi connectivity index (χ4v) is 3.85. The Hall–Kier alpha value is -4.35. The predicted molar refractivity (Wildman–Crippen MR) is 156 cm³/mol. The summed E-state index contributed by atoms with van der Waals surface area (Å²) < 4.78 is 6.99. The molecule has 0 unspecified atom stereocenters. The summed E-state index contributed by atoms with van der Waals surface area (Å²) in [5, 5.41) is 8.58. The van der Waals surface area contributed by atoms with E-state index in [0.29, 0.717) is 39.8 Å². The van der Waals surface area contributed by atoms with Crippen molar-refractivity contribution >= 4 is 46.1 Å². The van der Waals surface area contributed by atoms with Gasteiger partial charge >= 0.3 is 6.09 Å². The number of pyridine rings is 1. The Morgan fingerprint density at radius 2 is 1.77 bits per heavy atom. The van der Waals surface area contributed by atoms with E-state index in [-0.39, 0.29) is 11.7 Å². The first-order valence-corrected chi connectivity index (χ1v) is 12.9. The highest BCUT2D eigenvalue weighted by Crippen LogP contribution is 2.33. The standard InChI is InChI=1S/C28H31ClN8O3/c1-28(2,3)40-27(39)33-25-23-24(18-9-11-19(29)12-10-18)34-37(26(23)32-17-31-25)21-14-13-20(16-30-21)36(6)22(38)8-7-15-35(4)5/h7-14,16-17H,15H2,1-6H3,(H,31,32,33,39)/b8-7+. The fourth-order valence-electron chi connectivity index (χ4n) is 3.72. The molecule has 0 radical (unpaired) electrons. The first-order chi connectivity index (χ1) is 18.9. The van der Waals surface area contributed by atoms with Gasteiger partial charge in [0.15, 0.2) is 17.3 Å². The lowest BCUT2D eigenvalue weighted by Gasteiger charge is -2.19. The van der Waals surface area contributed by atoms with E-state index in [2.05, 4.69) is 20.3 Å². The maximum Gasteiger partial charge on any atom is 0.413 e. The average Bonchev–Trinajstić information content (AvgIpc) is 3.28. The summed E-state index contributed by atoms with van der Waals surface area (Å²) >= 11 is 6.12. The molecule has 0 aliphatic rings. The van der Waals surface area contributed by atoms with Gasteiger partial charge in [-0.15, -0.1) is 0 Å². The number of hydrogen-bond acceptors (Lipinski definition) is 8. The SMILES string of the molecule is CN(C)C/C=C/C(=O)N(C)c1ccc(-n2nc(-c3ccc(Cl)cc3)c3c(NC(=O)OC(C)(C)C)ncnc32)nc1. The molecule has 0 aliphatic carbocycles. The first kappa shape index (κ1) is 28.7. The van der Waals surface area contributed by atoms with E-state index in [9.17, 15) is 9.59 Å². The first-order valence-electron chi connectivity index (χ1n) is 12.5. The zero-order valence-corrected chi connectivity index (χ0v) is 24.0. The van der Waals surface area contributed by atoms with Gasteiger partial charge in [-0.3, -0.25) is 10.1 Å². The summed E-state index contributed by atoms with van der Waals surface area (Å²) in [7, 11) is 5.54. The van der Waals surface area contributed by atoms with E-state index in [1.165, 1.54) is 17.3 Å². The Morgan fingerprint density at radius 1 is 1.05 bits per heavy atom. The largest absolute Gasteiger partial charge is 0.444 e. The van der Waals surface area contributed by atoms with Crippen LogP contribution in [0.1, 0.15) is 20.8 Å². The number of carbonyl (C=O) groups excluding carboxylic acids is 2. The van der Waals surface area contributed by atoms with Gasteiger partial charge in [0.1, 0.15) is 17.6 Å². The minimum atomic E-state index is -0.693. The van der Waals surface area contributed by atoms with E-state index >= 15 is 0 Å². The molecule has 0 atom stereocenters. The van der Waals surface area contributed by atoms with Crippen molar-refractivity contribution in [2.75, 3.05) is 37.9 Å². The smallest absolute Gasteiger partial charge is 0.413 e. The molecule has 4 aromatic rings. The van der Waals surface area contributed by atoms with Gasteiger partial charge in [0.25, 0.3) is 0 Å². The zero-order chi connectivity index (χ0) is 29.0. The molecular formula is C28H31ClN8O3. The van der Waals surface area contributed by atoms with Crippen LogP contribution in [-0.2, 0) is 9.53 Å². The lowest BCUT2D eigenvalue weighted by Crippen LogP contribution is -2.27. The van der Waals surface area contributed by atoms with Crippen LogP contribution in [0.15, 0.2) is 61.1 Å². The third-order valence-electron chi connectivity index (χ3n) is 5.60. The zero-order valence-electron chi connectivity index (χ0n) is 23.2. The van der Waals surface area contributed by atoms with Gasteiger partial charge in [0.2, 0.25) is 5.91 Å². The van der Waals surface area contributed by atoms with E-state index in [1.54, 1.807) is 69.0 Å². The lowest BCUT2D eigenvalue weighted by molar-refractivity contribution is -0.113. The summed E-state index contributed by atoms with van der Waals surface area (Å²) in [6, 6.07) is 10.7. The minimum absolute atomic E-state index is 0.170. The number of amides is 2. The van der Waals surface area contributed by atoms with Crippen molar-refractivity contribution in [3.63, 3.8) is 0 Å². The number of aromatic nitrogens is 5. The van der Waals surface area contributed by atoms with E-state index in [0.717, 1.165) is 5.56 Å². The molecule has 4 rings (SSSR count). The van der Waals surface area contributed by atoms with Gasteiger partial charge in [-0.1, -0.05) is 29.8 Å². The van der Waals surface area contributed by atoms with Crippen LogP contribution in [0.2, 0.25) is 5.02 Å². The molecule has 0 spiro atoms. The Morgan fingerprint density at radius 3 is 2.40 bits per heavy atom. The van der Waals surface area contributed by atoms with Crippen LogP contribution in [0.5, 0.6) is 0 Å². The van der Waals surface area contributed by atoms with Crippen molar-refractivity contribution in [3.05, 3.63) is 66.1 Å². The Labute approximate surface area is 237 Å². The second kappa shape index (κ2) is 11.8. The number of ether oxygens (including phenoxy) is 1. The Kier molecular flexibility index (Phi) is 8.46. The molecule has 0 saturated carbocycles. The second-order valence-corrected chi connectivity index (χ2v) is 10.7. The molecule has 3 heterocycles. The van der Waals surface area contributed by atoms with Crippen molar-refractivity contribution < 1.29 is 14.3 Å². The maximum atomic E-state index is 12.6. The van der Waals surface area contributed by atoms with Gasteiger partial charge < -0.3 is 14.5 Å². The number of likely N-dealkylation sites (N-methyl/N-ethyl adjacent to an activating group) is 2. The number of halogens is 1. The van der Waals surface area contributed by atoms with E-state index in [1.807, 2.05) is 31.1 Å². The van der Waals surface area contributed by atoms with Crippen LogP contribution in [0.25, 0.3) is 28.1 Å². The summed E-state index contributed by atoms with van der Waals surface area (Å²) in [6.45, 7) is 5.99. The molecule has 40 heavy (non-hydrogen) atoms. The van der Waals surface area contributed by atoms with Crippen molar-refractivity contribution in [1.82, 2.24) is 29.6 Å². The van der Waals surface area contributed by atoms with Crippen molar-refractivity contribution in [1.29, 1.82) is 0 Å². The molecule has 0 aliphatic heterocycles. The van der Waals surface area contributed by atoms with Crippen molar-refractivity contribution in [2.24, 2.45) is 0 Å². The summed E-state index contributed by atoms with van der Waals surface area (Å²) in [6.07, 6.45) is 5.60. The van der Waals surface area contributed by atoms with Gasteiger partial charge in [-0.25, -0.2) is 19.7 Å². The maximum absolute atomic E-state index is 12.6. The van der Waals surface area contributed by atoms with Crippen LogP contribution in [0, 0.1) is 0 Å².